The van der Waals surface area contributed by atoms with Crippen LogP contribution in [0.4, 0.5) is 0 Å². The summed E-state index contributed by atoms with van der Waals surface area (Å²) in [7, 11) is -0.709. The van der Waals surface area contributed by atoms with Crippen molar-refractivity contribution < 1.29 is 9.00 Å². The predicted molar refractivity (Wildman–Crippen MR) is 80.7 cm³/mol. The van der Waals surface area contributed by atoms with Crippen molar-refractivity contribution in [2.45, 2.75) is 18.9 Å². The maximum absolute atomic E-state index is 12.2. The number of hydrogen-bond acceptors (Lipinski definition) is 3. The average Bonchev–Trinajstić information content (AvgIpc) is 2.48. The molecular weight excluding hydrogens is 272 g/mol. The maximum Gasteiger partial charge on any atom is 0.251 e. The SMILES string of the molecule is NCC#Cc1cccc(C(=O)NC2CCS(=O)CC2)c1. The molecular formula is C15H18N2O2S. The van der Waals surface area contributed by atoms with E-state index in [1.54, 1.807) is 12.1 Å². The second kappa shape index (κ2) is 7.22. The third kappa shape index (κ3) is 4.19. The molecule has 2 rings (SSSR count). The highest BCUT2D eigenvalue weighted by atomic mass is 32.2. The van der Waals surface area contributed by atoms with Gasteiger partial charge in [-0.15, -0.1) is 0 Å². The Bertz CT molecular complexity index is 565. The van der Waals surface area contributed by atoms with Crippen molar-refractivity contribution in [2.24, 2.45) is 5.73 Å². The monoisotopic (exact) mass is 290 g/mol. The Kier molecular flexibility index (Phi) is 5.33. The van der Waals surface area contributed by atoms with E-state index in [2.05, 4.69) is 17.2 Å². The van der Waals surface area contributed by atoms with Gasteiger partial charge in [0.2, 0.25) is 0 Å². The van der Waals surface area contributed by atoms with Gasteiger partial charge in [0, 0.05) is 39.5 Å². The van der Waals surface area contributed by atoms with Crippen LogP contribution < -0.4 is 11.1 Å². The lowest BCUT2D eigenvalue weighted by Crippen LogP contribution is -2.39. The summed E-state index contributed by atoms with van der Waals surface area (Å²) >= 11 is 0. The van der Waals surface area contributed by atoms with Crippen molar-refractivity contribution in [2.75, 3.05) is 18.1 Å². The van der Waals surface area contributed by atoms with Gasteiger partial charge in [0.25, 0.3) is 5.91 Å². The number of amides is 1. The van der Waals surface area contributed by atoms with Gasteiger partial charge in [0.05, 0.1) is 6.54 Å². The molecule has 0 saturated carbocycles. The minimum Gasteiger partial charge on any atom is -0.349 e. The molecule has 0 radical (unpaired) electrons. The van der Waals surface area contributed by atoms with Gasteiger partial charge in [0.1, 0.15) is 0 Å². The van der Waals surface area contributed by atoms with Crippen molar-refractivity contribution in [1.82, 2.24) is 5.32 Å². The maximum atomic E-state index is 12.2. The molecule has 1 aromatic rings. The number of carbonyl (C=O) groups excluding carboxylic acids is 1. The summed E-state index contributed by atoms with van der Waals surface area (Å²) in [6, 6.07) is 7.32. The lowest BCUT2D eigenvalue weighted by molar-refractivity contribution is 0.0934. The quantitative estimate of drug-likeness (QED) is 0.785. The summed E-state index contributed by atoms with van der Waals surface area (Å²) < 4.78 is 11.3. The van der Waals surface area contributed by atoms with Crippen molar-refractivity contribution in [1.29, 1.82) is 0 Å². The number of benzene rings is 1. The summed E-state index contributed by atoms with van der Waals surface area (Å²) in [6.07, 6.45) is 1.57. The van der Waals surface area contributed by atoms with E-state index in [1.165, 1.54) is 0 Å². The smallest absolute Gasteiger partial charge is 0.251 e. The van der Waals surface area contributed by atoms with E-state index in [9.17, 15) is 9.00 Å². The highest BCUT2D eigenvalue weighted by Crippen LogP contribution is 2.11. The molecule has 0 unspecified atom stereocenters. The van der Waals surface area contributed by atoms with Gasteiger partial charge in [-0.05, 0) is 31.0 Å². The fourth-order valence-electron chi connectivity index (χ4n) is 2.10. The lowest BCUT2D eigenvalue weighted by Gasteiger charge is -2.22. The molecule has 0 aromatic heterocycles. The van der Waals surface area contributed by atoms with Crippen LogP contribution in [0.2, 0.25) is 0 Å². The second-order valence-corrected chi connectivity index (χ2v) is 6.38. The zero-order chi connectivity index (χ0) is 14.4. The zero-order valence-electron chi connectivity index (χ0n) is 11.2. The van der Waals surface area contributed by atoms with Crippen LogP contribution in [0.5, 0.6) is 0 Å². The average molecular weight is 290 g/mol. The van der Waals surface area contributed by atoms with Gasteiger partial charge in [-0.25, -0.2) is 0 Å². The Morgan fingerprint density at radius 2 is 2.15 bits per heavy atom. The van der Waals surface area contributed by atoms with Gasteiger partial charge >= 0.3 is 0 Å². The van der Waals surface area contributed by atoms with Crippen LogP contribution in [-0.4, -0.2) is 34.2 Å². The van der Waals surface area contributed by atoms with E-state index in [-0.39, 0.29) is 11.9 Å². The van der Waals surface area contributed by atoms with Crippen molar-refractivity contribution in [3.8, 4) is 11.8 Å². The molecule has 1 aliphatic rings. The Labute approximate surface area is 121 Å². The molecule has 1 heterocycles. The van der Waals surface area contributed by atoms with Gasteiger partial charge in [-0.2, -0.15) is 0 Å². The molecule has 20 heavy (non-hydrogen) atoms. The minimum atomic E-state index is -0.709. The Balaban J connectivity index is 2.00. The van der Waals surface area contributed by atoms with Crippen molar-refractivity contribution in [3.63, 3.8) is 0 Å². The summed E-state index contributed by atoms with van der Waals surface area (Å²) in [5.41, 5.74) is 6.71. The predicted octanol–water partition coefficient (Wildman–Crippen LogP) is 0.638. The summed E-state index contributed by atoms with van der Waals surface area (Å²) in [5, 5.41) is 2.99. The van der Waals surface area contributed by atoms with Crippen LogP contribution in [-0.2, 0) is 10.8 Å². The third-order valence-corrected chi connectivity index (χ3v) is 4.56. The van der Waals surface area contributed by atoms with Crippen molar-refractivity contribution in [3.05, 3.63) is 35.4 Å². The molecule has 0 spiro atoms. The van der Waals surface area contributed by atoms with E-state index >= 15 is 0 Å². The van der Waals surface area contributed by atoms with Crippen LogP contribution in [0, 0.1) is 11.8 Å². The third-order valence-electron chi connectivity index (χ3n) is 3.18. The van der Waals surface area contributed by atoms with Gasteiger partial charge in [-0.3, -0.25) is 9.00 Å². The van der Waals surface area contributed by atoms with Crippen LogP contribution in [0.3, 0.4) is 0 Å². The molecule has 1 amide bonds. The zero-order valence-corrected chi connectivity index (χ0v) is 12.0. The second-order valence-electron chi connectivity index (χ2n) is 4.68. The molecule has 5 heteroatoms. The fourth-order valence-corrected chi connectivity index (χ4v) is 3.40. The molecule has 4 nitrogen and oxygen atoms in total. The highest BCUT2D eigenvalue weighted by molar-refractivity contribution is 7.85. The van der Waals surface area contributed by atoms with E-state index in [1.807, 2.05) is 12.1 Å². The Morgan fingerprint density at radius 1 is 1.40 bits per heavy atom. The van der Waals surface area contributed by atoms with Crippen LogP contribution in [0.1, 0.15) is 28.8 Å². The standard InChI is InChI=1S/C15H18N2O2S/c16-8-2-4-12-3-1-5-13(11-12)15(18)17-14-6-9-20(19)10-7-14/h1,3,5,11,14H,6-10,16H2,(H,17,18). The molecule has 1 aromatic carbocycles. The first-order valence-electron chi connectivity index (χ1n) is 6.64. The normalized spacial score (nSPS) is 21.6. The van der Waals surface area contributed by atoms with E-state index in [0.717, 1.165) is 18.4 Å². The molecule has 3 N–H and O–H groups in total. The van der Waals surface area contributed by atoms with Crippen LogP contribution in [0.15, 0.2) is 24.3 Å². The van der Waals surface area contributed by atoms with Gasteiger partial charge in [-0.1, -0.05) is 17.9 Å². The Hall–Kier alpha value is -1.64. The first-order valence-corrected chi connectivity index (χ1v) is 8.12. The topological polar surface area (TPSA) is 72.2 Å². The molecule has 1 saturated heterocycles. The molecule has 1 fully saturated rings. The summed E-state index contributed by atoms with van der Waals surface area (Å²) in [5.74, 6) is 6.93. The van der Waals surface area contributed by atoms with Gasteiger partial charge in [0.15, 0.2) is 0 Å². The lowest BCUT2D eigenvalue weighted by atomic mass is 10.1. The molecule has 106 valence electrons. The molecule has 0 aliphatic carbocycles. The number of hydrogen-bond donors (Lipinski definition) is 2. The highest BCUT2D eigenvalue weighted by Gasteiger charge is 2.19. The number of carbonyl (C=O) groups is 1. The summed E-state index contributed by atoms with van der Waals surface area (Å²) in [4.78, 5) is 12.2. The molecule has 1 aliphatic heterocycles. The van der Waals surface area contributed by atoms with E-state index < -0.39 is 10.8 Å². The first-order chi connectivity index (χ1) is 9.69. The summed E-state index contributed by atoms with van der Waals surface area (Å²) in [6.45, 7) is 0.301. The van der Waals surface area contributed by atoms with E-state index in [4.69, 9.17) is 5.73 Å². The van der Waals surface area contributed by atoms with Gasteiger partial charge < -0.3 is 11.1 Å². The number of rotatable bonds is 2. The Morgan fingerprint density at radius 3 is 2.85 bits per heavy atom. The molecule has 0 bridgehead atoms. The number of nitrogens with one attached hydrogen (secondary N) is 1. The largest absolute Gasteiger partial charge is 0.349 e. The van der Waals surface area contributed by atoms with Crippen molar-refractivity contribution >= 4 is 16.7 Å². The fraction of sp³-hybridized carbons (Fsp3) is 0.400. The first kappa shape index (κ1) is 14.8. The molecule has 0 atom stereocenters. The number of nitrogens with two attached hydrogens (primary N) is 1. The minimum absolute atomic E-state index is 0.0981. The van der Waals surface area contributed by atoms with Crippen LogP contribution >= 0.6 is 0 Å². The van der Waals surface area contributed by atoms with E-state index in [0.29, 0.717) is 23.6 Å². The van der Waals surface area contributed by atoms with Crippen LogP contribution in [0.25, 0.3) is 0 Å².